The molecular weight excluding hydrogens is 416 g/mol. The molecule has 4 rings (SSSR count). The Hall–Kier alpha value is -3.48. The van der Waals surface area contributed by atoms with Gasteiger partial charge in [-0.15, -0.1) is 0 Å². The average molecular weight is 447 g/mol. The molecule has 3 aromatic rings. The van der Waals surface area contributed by atoms with E-state index in [0.29, 0.717) is 41.8 Å². The number of amides is 2. The first-order chi connectivity index (χ1) is 15.9. The van der Waals surface area contributed by atoms with Gasteiger partial charge < -0.3 is 14.7 Å². The first kappa shape index (κ1) is 22.7. The molecule has 33 heavy (non-hydrogen) atoms. The third-order valence-electron chi connectivity index (χ3n) is 6.05. The number of hydrogen-bond acceptors (Lipinski definition) is 5. The third-order valence-corrected chi connectivity index (χ3v) is 6.05. The molecule has 0 radical (unpaired) electrons. The molecule has 1 atom stereocenters. The summed E-state index contributed by atoms with van der Waals surface area (Å²) < 4.78 is 5.59. The van der Waals surface area contributed by atoms with Crippen molar-refractivity contribution in [2.45, 2.75) is 51.9 Å². The SMILES string of the molecule is CCC(=O)Nc1cccc(-c2noc(C3CCCN(C(=O)c4ccc(C(C)C)cc4)C3)n2)c1. The zero-order valence-corrected chi connectivity index (χ0v) is 19.4. The standard InChI is InChI=1S/C26H30N4O3/c1-4-23(31)27-22-9-5-7-20(15-22)24-28-25(33-29-24)21-8-6-14-30(16-21)26(32)19-12-10-18(11-13-19)17(2)3/h5,7,9-13,15,17,21H,4,6,8,14,16H2,1-3H3,(H,27,31). The van der Waals surface area contributed by atoms with E-state index in [2.05, 4.69) is 29.3 Å². The van der Waals surface area contributed by atoms with Gasteiger partial charge in [-0.2, -0.15) is 4.98 Å². The summed E-state index contributed by atoms with van der Waals surface area (Å²) in [6.45, 7) is 7.37. The number of likely N-dealkylation sites (tertiary alicyclic amines) is 1. The van der Waals surface area contributed by atoms with Crippen molar-refractivity contribution < 1.29 is 14.1 Å². The van der Waals surface area contributed by atoms with Crippen molar-refractivity contribution in [3.63, 3.8) is 0 Å². The van der Waals surface area contributed by atoms with Crippen molar-refractivity contribution in [1.82, 2.24) is 15.0 Å². The van der Waals surface area contributed by atoms with Crippen molar-refractivity contribution in [3.05, 3.63) is 65.5 Å². The van der Waals surface area contributed by atoms with Gasteiger partial charge >= 0.3 is 0 Å². The molecule has 1 saturated heterocycles. The lowest BCUT2D eigenvalue weighted by molar-refractivity contribution is -0.115. The summed E-state index contributed by atoms with van der Waals surface area (Å²) in [5, 5.41) is 7.00. The van der Waals surface area contributed by atoms with Crippen LogP contribution in [-0.2, 0) is 4.79 Å². The molecule has 1 N–H and O–H groups in total. The lowest BCUT2D eigenvalue weighted by atomic mass is 9.96. The maximum absolute atomic E-state index is 13.1. The normalized spacial score (nSPS) is 16.1. The van der Waals surface area contributed by atoms with E-state index in [1.54, 1.807) is 0 Å². The van der Waals surface area contributed by atoms with Crippen LogP contribution in [0.25, 0.3) is 11.4 Å². The summed E-state index contributed by atoms with van der Waals surface area (Å²) in [5.74, 6) is 1.44. The van der Waals surface area contributed by atoms with Gasteiger partial charge in [0, 0.05) is 36.3 Å². The minimum absolute atomic E-state index is 0.00173. The first-order valence-corrected chi connectivity index (χ1v) is 11.6. The second kappa shape index (κ2) is 9.98. The van der Waals surface area contributed by atoms with Crippen LogP contribution in [-0.4, -0.2) is 39.9 Å². The monoisotopic (exact) mass is 446 g/mol. The van der Waals surface area contributed by atoms with Crippen LogP contribution in [0.5, 0.6) is 0 Å². The Bertz CT molecular complexity index is 1120. The van der Waals surface area contributed by atoms with Gasteiger partial charge in [0.05, 0.1) is 5.92 Å². The van der Waals surface area contributed by atoms with E-state index in [-0.39, 0.29) is 17.7 Å². The number of benzene rings is 2. The van der Waals surface area contributed by atoms with Gasteiger partial charge in [0.2, 0.25) is 17.6 Å². The molecule has 0 bridgehead atoms. The molecule has 2 amide bonds. The molecule has 0 saturated carbocycles. The second-order valence-corrected chi connectivity index (χ2v) is 8.81. The van der Waals surface area contributed by atoms with Crippen molar-refractivity contribution >= 4 is 17.5 Å². The van der Waals surface area contributed by atoms with Crippen LogP contribution < -0.4 is 5.32 Å². The van der Waals surface area contributed by atoms with E-state index >= 15 is 0 Å². The van der Waals surface area contributed by atoms with Crippen LogP contribution >= 0.6 is 0 Å². The zero-order chi connectivity index (χ0) is 23.4. The minimum Gasteiger partial charge on any atom is -0.339 e. The number of nitrogens with zero attached hydrogens (tertiary/aromatic N) is 3. The van der Waals surface area contributed by atoms with Crippen LogP contribution in [0.3, 0.4) is 0 Å². The largest absolute Gasteiger partial charge is 0.339 e. The van der Waals surface area contributed by atoms with Crippen LogP contribution in [0.4, 0.5) is 5.69 Å². The van der Waals surface area contributed by atoms with Crippen molar-refractivity contribution in [3.8, 4) is 11.4 Å². The number of carbonyl (C=O) groups excluding carboxylic acids is 2. The maximum atomic E-state index is 13.1. The van der Waals surface area contributed by atoms with Gasteiger partial charge in [-0.3, -0.25) is 9.59 Å². The highest BCUT2D eigenvalue weighted by Crippen LogP contribution is 2.29. The highest BCUT2D eigenvalue weighted by molar-refractivity contribution is 5.94. The molecule has 2 heterocycles. The minimum atomic E-state index is -0.0493. The molecule has 7 heteroatoms. The molecule has 1 aromatic heterocycles. The highest BCUT2D eigenvalue weighted by Gasteiger charge is 2.29. The maximum Gasteiger partial charge on any atom is 0.253 e. The first-order valence-electron chi connectivity index (χ1n) is 11.6. The number of rotatable bonds is 6. The van der Waals surface area contributed by atoms with Crippen LogP contribution in [0.2, 0.25) is 0 Å². The lowest BCUT2D eigenvalue weighted by Gasteiger charge is -2.31. The number of nitrogens with one attached hydrogen (secondary N) is 1. The third kappa shape index (κ3) is 5.30. The van der Waals surface area contributed by atoms with Crippen molar-refractivity contribution in [1.29, 1.82) is 0 Å². The van der Waals surface area contributed by atoms with E-state index in [4.69, 9.17) is 4.52 Å². The molecule has 1 aliphatic heterocycles. The van der Waals surface area contributed by atoms with E-state index in [1.165, 1.54) is 5.56 Å². The van der Waals surface area contributed by atoms with Crippen molar-refractivity contribution in [2.24, 2.45) is 0 Å². The highest BCUT2D eigenvalue weighted by atomic mass is 16.5. The Labute approximate surface area is 194 Å². The molecule has 172 valence electrons. The van der Waals surface area contributed by atoms with Crippen LogP contribution in [0.1, 0.15) is 73.7 Å². The van der Waals surface area contributed by atoms with Crippen LogP contribution in [0, 0.1) is 0 Å². The molecule has 1 aliphatic rings. The smallest absolute Gasteiger partial charge is 0.253 e. The Balaban J connectivity index is 1.46. The van der Waals surface area contributed by atoms with E-state index in [1.807, 2.05) is 60.4 Å². The Kier molecular flexibility index (Phi) is 6.87. The second-order valence-electron chi connectivity index (χ2n) is 8.81. The molecule has 2 aromatic carbocycles. The fourth-order valence-electron chi connectivity index (χ4n) is 4.06. The number of aromatic nitrogens is 2. The fourth-order valence-corrected chi connectivity index (χ4v) is 4.06. The average Bonchev–Trinajstić information content (AvgIpc) is 3.34. The van der Waals surface area contributed by atoms with Gasteiger partial charge in [-0.1, -0.05) is 50.2 Å². The molecule has 1 unspecified atom stereocenters. The van der Waals surface area contributed by atoms with E-state index in [0.717, 1.165) is 24.9 Å². The predicted octanol–water partition coefficient (Wildman–Crippen LogP) is 5.23. The summed E-state index contributed by atoms with van der Waals surface area (Å²) >= 11 is 0. The van der Waals surface area contributed by atoms with Gasteiger partial charge in [0.15, 0.2) is 0 Å². The summed E-state index contributed by atoms with van der Waals surface area (Å²) in [4.78, 5) is 31.2. The summed E-state index contributed by atoms with van der Waals surface area (Å²) in [6.07, 6.45) is 2.19. The van der Waals surface area contributed by atoms with Crippen LogP contribution in [0.15, 0.2) is 53.1 Å². The zero-order valence-electron chi connectivity index (χ0n) is 19.4. The summed E-state index contributed by atoms with van der Waals surface area (Å²) in [6, 6.07) is 15.3. The lowest BCUT2D eigenvalue weighted by Crippen LogP contribution is -2.39. The quantitative estimate of drug-likeness (QED) is 0.560. The van der Waals surface area contributed by atoms with Gasteiger partial charge in [-0.05, 0) is 48.6 Å². The number of carbonyl (C=O) groups is 2. The molecule has 7 nitrogen and oxygen atoms in total. The summed E-state index contributed by atoms with van der Waals surface area (Å²) in [5.41, 5.74) is 3.40. The molecular formula is C26H30N4O3. The van der Waals surface area contributed by atoms with E-state index < -0.39 is 0 Å². The number of piperidine rings is 1. The van der Waals surface area contributed by atoms with Gasteiger partial charge in [0.1, 0.15) is 0 Å². The number of anilines is 1. The molecule has 1 fully saturated rings. The predicted molar refractivity (Wildman–Crippen MR) is 127 cm³/mol. The number of hydrogen-bond donors (Lipinski definition) is 1. The van der Waals surface area contributed by atoms with Gasteiger partial charge in [-0.25, -0.2) is 0 Å². The topological polar surface area (TPSA) is 88.3 Å². The van der Waals surface area contributed by atoms with Crippen molar-refractivity contribution in [2.75, 3.05) is 18.4 Å². The Morgan fingerprint density at radius 3 is 2.70 bits per heavy atom. The van der Waals surface area contributed by atoms with Gasteiger partial charge in [0.25, 0.3) is 5.91 Å². The molecule has 0 aliphatic carbocycles. The Morgan fingerprint density at radius 1 is 1.18 bits per heavy atom. The Morgan fingerprint density at radius 2 is 1.97 bits per heavy atom. The summed E-state index contributed by atoms with van der Waals surface area (Å²) in [7, 11) is 0. The molecule has 0 spiro atoms. The van der Waals surface area contributed by atoms with E-state index in [9.17, 15) is 9.59 Å². The fraction of sp³-hybridized carbons (Fsp3) is 0.385.